The Morgan fingerprint density at radius 2 is 2.11 bits per heavy atom. The Kier molecular flexibility index (Phi) is 4.00. The van der Waals surface area contributed by atoms with Crippen molar-refractivity contribution < 1.29 is 0 Å². The molecule has 0 radical (unpaired) electrons. The van der Waals surface area contributed by atoms with Gasteiger partial charge in [-0.1, -0.05) is 0 Å². The molecule has 2 aromatic rings. The minimum atomic E-state index is 0.0145. The Balaban J connectivity index is 2.25. The highest BCUT2D eigenvalue weighted by atomic mass is 32.1. The largest absolute Gasteiger partial charge is 0.271 e. The Morgan fingerprint density at radius 1 is 1.33 bits per heavy atom. The van der Waals surface area contributed by atoms with Gasteiger partial charge in [0, 0.05) is 11.8 Å². The molecule has 96 valence electrons. The number of nitrogens with zero attached hydrogens (tertiary/aromatic N) is 3. The molecule has 1 unspecified atom stereocenters. The van der Waals surface area contributed by atoms with Crippen molar-refractivity contribution in [2.24, 2.45) is 5.84 Å². The number of hydrogen-bond acceptors (Lipinski definition) is 6. The van der Waals surface area contributed by atoms with Gasteiger partial charge in [-0.05, 0) is 32.4 Å². The van der Waals surface area contributed by atoms with Gasteiger partial charge < -0.3 is 0 Å². The zero-order valence-corrected chi connectivity index (χ0v) is 11.6. The molecule has 1 atom stereocenters. The summed E-state index contributed by atoms with van der Waals surface area (Å²) < 4.78 is 0. The fourth-order valence-corrected chi connectivity index (χ4v) is 2.52. The van der Waals surface area contributed by atoms with Crippen molar-refractivity contribution in [1.82, 2.24) is 20.6 Å². The molecular weight excluding hydrogens is 246 g/mol. The van der Waals surface area contributed by atoms with Crippen LogP contribution in [0.3, 0.4) is 0 Å². The number of nitrogens with two attached hydrogens (primary N) is 1. The zero-order valence-electron chi connectivity index (χ0n) is 10.8. The van der Waals surface area contributed by atoms with Gasteiger partial charge in [0.15, 0.2) is 0 Å². The van der Waals surface area contributed by atoms with Crippen molar-refractivity contribution in [2.75, 3.05) is 0 Å². The van der Waals surface area contributed by atoms with E-state index >= 15 is 0 Å². The molecule has 2 aromatic heterocycles. The number of aryl methyl sites for hydroxylation is 3. The standard InChI is InChI=1S/C12H17N5S/c1-7-4-11(8(2)17-16-7)12(15-13)5-10-6-18-9(3)14-10/h4,6,12,15H,5,13H2,1-3H3. The summed E-state index contributed by atoms with van der Waals surface area (Å²) in [6, 6.07) is 2.03. The third kappa shape index (κ3) is 2.90. The minimum Gasteiger partial charge on any atom is -0.271 e. The van der Waals surface area contributed by atoms with Crippen LogP contribution < -0.4 is 11.3 Å². The molecular formula is C12H17N5S. The van der Waals surface area contributed by atoms with E-state index in [4.69, 9.17) is 5.84 Å². The van der Waals surface area contributed by atoms with E-state index in [1.165, 1.54) is 0 Å². The SMILES string of the molecule is Cc1cc(C(Cc2csc(C)n2)NN)c(C)nn1. The molecule has 5 nitrogen and oxygen atoms in total. The first-order valence-electron chi connectivity index (χ1n) is 5.78. The maximum absolute atomic E-state index is 5.66. The van der Waals surface area contributed by atoms with E-state index in [-0.39, 0.29) is 6.04 Å². The summed E-state index contributed by atoms with van der Waals surface area (Å²) in [4.78, 5) is 4.46. The first-order valence-corrected chi connectivity index (χ1v) is 6.66. The van der Waals surface area contributed by atoms with E-state index in [9.17, 15) is 0 Å². The zero-order chi connectivity index (χ0) is 13.1. The smallest absolute Gasteiger partial charge is 0.0897 e. The van der Waals surface area contributed by atoms with Crippen LogP contribution in [-0.2, 0) is 6.42 Å². The van der Waals surface area contributed by atoms with Crippen LogP contribution in [0.15, 0.2) is 11.4 Å². The maximum Gasteiger partial charge on any atom is 0.0897 e. The van der Waals surface area contributed by atoms with Crippen LogP contribution in [0.4, 0.5) is 0 Å². The highest BCUT2D eigenvalue weighted by Gasteiger charge is 2.16. The van der Waals surface area contributed by atoms with Crippen molar-refractivity contribution >= 4 is 11.3 Å². The maximum atomic E-state index is 5.66. The van der Waals surface area contributed by atoms with Gasteiger partial charge in [0.25, 0.3) is 0 Å². The van der Waals surface area contributed by atoms with E-state index in [0.717, 1.165) is 34.1 Å². The molecule has 0 saturated carbocycles. The molecule has 0 fully saturated rings. The summed E-state index contributed by atoms with van der Waals surface area (Å²) in [5.74, 6) is 5.66. The van der Waals surface area contributed by atoms with Crippen LogP contribution in [0.1, 0.15) is 33.7 Å². The van der Waals surface area contributed by atoms with Crippen LogP contribution in [-0.4, -0.2) is 15.2 Å². The van der Waals surface area contributed by atoms with Gasteiger partial charge >= 0.3 is 0 Å². The van der Waals surface area contributed by atoms with Gasteiger partial charge in [0.1, 0.15) is 0 Å². The predicted octanol–water partition coefficient (Wildman–Crippen LogP) is 1.61. The number of hydrogen-bond donors (Lipinski definition) is 2. The van der Waals surface area contributed by atoms with Crippen LogP contribution in [0.25, 0.3) is 0 Å². The summed E-state index contributed by atoms with van der Waals surface area (Å²) in [5.41, 5.74) is 6.76. The summed E-state index contributed by atoms with van der Waals surface area (Å²) in [7, 11) is 0. The molecule has 0 aliphatic heterocycles. The quantitative estimate of drug-likeness (QED) is 0.647. The van der Waals surface area contributed by atoms with Gasteiger partial charge in [0.2, 0.25) is 0 Å². The first-order chi connectivity index (χ1) is 8.60. The van der Waals surface area contributed by atoms with Crippen LogP contribution in [0, 0.1) is 20.8 Å². The second kappa shape index (κ2) is 5.51. The molecule has 2 rings (SSSR count). The summed E-state index contributed by atoms with van der Waals surface area (Å²) >= 11 is 1.65. The summed E-state index contributed by atoms with van der Waals surface area (Å²) in [6.45, 7) is 5.87. The third-order valence-corrected chi connectivity index (χ3v) is 3.62. The predicted molar refractivity (Wildman–Crippen MR) is 72.1 cm³/mol. The highest BCUT2D eigenvalue weighted by Crippen LogP contribution is 2.21. The highest BCUT2D eigenvalue weighted by molar-refractivity contribution is 7.09. The van der Waals surface area contributed by atoms with Gasteiger partial charge in [-0.2, -0.15) is 10.2 Å². The van der Waals surface area contributed by atoms with Crippen molar-refractivity contribution in [3.05, 3.63) is 39.1 Å². The number of hydrazine groups is 1. The van der Waals surface area contributed by atoms with E-state index in [0.29, 0.717) is 0 Å². The van der Waals surface area contributed by atoms with Crippen molar-refractivity contribution in [3.63, 3.8) is 0 Å². The molecule has 18 heavy (non-hydrogen) atoms. The second-order valence-electron chi connectivity index (χ2n) is 4.31. The molecule has 6 heteroatoms. The minimum absolute atomic E-state index is 0.0145. The molecule has 0 amide bonds. The molecule has 0 aromatic carbocycles. The molecule has 0 saturated heterocycles. The molecule has 3 N–H and O–H groups in total. The second-order valence-corrected chi connectivity index (χ2v) is 5.37. The lowest BCUT2D eigenvalue weighted by molar-refractivity contribution is 0.539. The van der Waals surface area contributed by atoms with Gasteiger partial charge in [-0.3, -0.25) is 11.3 Å². The average Bonchev–Trinajstić information content (AvgIpc) is 2.75. The van der Waals surface area contributed by atoms with Gasteiger partial charge in [0.05, 0.1) is 28.1 Å². The third-order valence-electron chi connectivity index (χ3n) is 2.80. The molecule has 0 aliphatic carbocycles. The summed E-state index contributed by atoms with van der Waals surface area (Å²) in [5, 5.41) is 11.3. The number of aromatic nitrogens is 3. The molecule has 2 heterocycles. The lowest BCUT2D eigenvalue weighted by atomic mass is 10.0. The molecule has 0 aliphatic rings. The Hall–Kier alpha value is -1.37. The molecule has 0 bridgehead atoms. The van der Waals surface area contributed by atoms with E-state index in [2.05, 4.69) is 26.0 Å². The first kappa shape index (κ1) is 13.1. The van der Waals surface area contributed by atoms with E-state index in [1.807, 2.05) is 26.8 Å². The van der Waals surface area contributed by atoms with Crippen LogP contribution >= 0.6 is 11.3 Å². The number of thiazole rings is 1. The number of nitrogens with one attached hydrogen (secondary N) is 1. The number of rotatable bonds is 4. The van der Waals surface area contributed by atoms with Crippen LogP contribution in [0.5, 0.6) is 0 Å². The van der Waals surface area contributed by atoms with E-state index in [1.54, 1.807) is 11.3 Å². The fourth-order valence-electron chi connectivity index (χ4n) is 1.89. The van der Waals surface area contributed by atoms with Gasteiger partial charge in [-0.25, -0.2) is 4.98 Å². The Bertz CT molecular complexity index is 537. The normalized spacial score (nSPS) is 12.7. The fraction of sp³-hybridized carbons (Fsp3) is 0.417. The van der Waals surface area contributed by atoms with Crippen LogP contribution in [0.2, 0.25) is 0 Å². The van der Waals surface area contributed by atoms with E-state index < -0.39 is 0 Å². The molecule has 0 spiro atoms. The monoisotopic (exact) mass is 263 g/mol. The Labute approximate surface area is 110 Å². The Morgan fingerprint density at radius 3 is 2.72 bits per heavy atom. The van der Waals surface area contributed by atoms with Crippen molar-refractivity contribution in [2.45, 2.75) is 33.2 Å². The average molecular weight is 263 g/mol. The van der Waals surface area contributed by atoms with Crippen molar-refractivity contribution in [3.8, 4) is 0 Å². The summed E-state index contributed by atoms with van der Waals surface area (Å²) in [6.07, 6.45) is 0.757. The van der Waals surface area contributed by atoms with Crippen molar-refractivity contribution in [1.29, 1.82) is 0 Å². The van der Waals surface area contributed by atoms with Gasteiger partial charge in [-0.15, -0.1) is 11.3 Å². The lowest BCUT2D eigenvalue weighted by Gasteiger charge is -2.17. The topological polar surface area (TPSA) is 76.7 Å². The lowest BCUT2D eigenvalue weighted by Crippen LogP contribution is -2.30.